The number of hydrogen-bond donors (Lipinski definition) is 2. The molecule has 0 saturated carbocycles. The number of hydrogen-bond acceptors (Lipinski definition) is 4. The van der Waals surface area contributed by atoms with Crippen molar-refractivity contribution in [2.24, 2.45) is 0 Å². The summed E-state index contributed by atoms with van der Waals surface area (Å²) in [6.45, 7) is 8.91. The minimum atomic E-state index is -0.628. The van der Waals surface area contributed by atoms with Gasteiger partial charge in [0.15, 0.2) is 0 Å². The second-order valence-corrected chi connectivity index (χ2v) is 15.6. The van der Waals surface area contributed by atoms with Gasteiger partial charge >= 0.3 is 0 Å². The molecule has 5 nitrogen and oxygen atoms in total. The first-order chi connectivity index (χ1) is 26.8. The van der Waals surface area contributed by atoms with Crippen molar-refractivity contribution in [3.8, 4) is 0 Å². The van der Waals surface area contributed by atoms with E-state index in [9.17, 15) is 9.90 Å². The molecule has 0 spiro atoms. The highest BCUT2D eigenvalue weighted by Crippen LogP contribution is 2.38. The number of amides is 1. The fourth-order valence-corrected chi connectivity index (χ4v) is 8.81. The fourth-order valence-electron chi connectivity index (χ4n) is 8.81. The van der Waals surface area contributed by atoms with Gasteiger partial charge in [0, 0.05) is 44.4 Å². The Kier molecular flexibility index (Phi) is 12.2. The van der Waals surface area contributed by atoms with E-state index in [1.54, 1.807) is 0 Å². The Morgan fingerprint density at radius 1 is 0.745 bits per heavy atom. The average Bonchev–Trinajstić information content (AvgIpc) is 3.21. The van der Waals surface area contributed by atoms with Crippen LogP contribution in [0.4, 0.5) is 0 Å². The zero-order valence-electron chi connectivity index (χ0n) is 32.6. The van der Waals surface area contributed by atoms with E-state index in [1.807, 2.05) is 12.1 Å². The summed E-state index contributed by atoms with van der Waals surface area (Å²) >= 11 is 0. The Morgan fingerprint density at radius 2 is 1.35 bits per heavy atom. The molecule has 1 aliphatic heterocycles. The number of carbonyl (C=O) groups is 1. The van der Waals surface area contributed by atoms with E-state index < -0.39 is 5.54 Å². The smallest absolute Gasteiger partial charge is 0.227 e. The largest absolute Gasteiger partial charge is 0.396 e. The number of aliphatic hydroxyl groups excluding tert-OH is 1. The van der Waals surface area contributed by atoms with Crippen molar-refractivity contribution >= 4 is 16.7 Å². The summed E-state index contributed by atoms with van der Waals surface area (Å²) in [5, 5.41) is 16.7. The van der Waals surface area contributed by atoms with Crippen molar-refractivity contribution in [1.82, 2.24) is 15.1 Å². The molecule has 0 bridgehead atoms. The summed E-state index contributed by atoms with van der Waals surface area (Å²) in [7, 11) is 0. The van der Waals surface area contributed by atoms with Crippen LogP contribution >= 0.6 is 0 Å². The number of nitrogens with one attached hydrogen (secondary N) is 1. The lowest BCUT2D eigenvalue weighted by atomic mass is 9.76. The SMILES string of the molecule is Cc1ccc(C[C@@H](CN2C[C@@H](C)N(C(=O)Cc3ccc4ccccc4c3)C[C@@H]2CCCO)NC(c2ccccc2)(c2ccccc2)c2ccccc2)c(C)c1. The molecule has 6 aromatic carbocycles. The average molecular weight is 730 g/mol. The fraction of sp³-hybridized carbons (Fsp3) is 0.300. The van der Waals surface area contributed by atoms with Crippen LogP contribution in [0.3, 0.4) is 0 Å². The summed E-state index contributed by atoms with van der Waals surface area (Å²) in [5.74, 6) is 0.164. The van der Waals surface area contributed by atoms with Crippen LogP contribution in [0.1, 0.15) is 58.7 Å². The molecular weight excluding hydrogens is 675 g/mol. The van der Waals surface area contributed by atoms with E-state index in [4.69, 9.17) is 0 Å². The van der Waals surface area contributed by atoms with Gasteiger partial charge in [-0.2, -0.15) is 0 Å². The van der Waals surface area contributed by atoms with Crippen LogP contribution in [0.15, 0.2) is 152 Å². The first-order valence-corrected chi connectivity index (χ1v) is 20.0. The van der Waals surface area contributed by atoms with E-state index >= 15 is 0 Å². The summed E-state index contributed by atoms with van der Waals surface area (Å²) < 4.78 is 0. The van der Waals surface area contributed by atoms with E-state index in [0.29, 0.717) is 19.4 Å². The van der Waals surface area contributed by atoms with Crippen LogP contribution in [-0.2, 0) is 23.2 Å². The Bertz CT molecular complexity index is 2060. The van der Waals surface area contributed by atoms with Crippen molar-refractivity contribution in [3.05, 3.63) is 191 Å². The number of fused-ring (bicyclic) bond motifs is 1. The number of benzene rings is 6. The Hall–Kier alpha value is -5.07. The minimum absolute atomic E-state index is 0.0331. The second kappa shape index (κ2) is 17.6. The lowest BCUT2D eigenvalue weighted by Gasteiger charge is -2.48. The normalized spacial score (nSPS) is 17.0. The molecule has 282 valence electrons. The first-order valence-electron chi connectivity index (χ1n) is 20.0. The molecule has 3 atom stereocenters. The van der Waals surface area contributed by atoms with E-state index in [-0.39, 0.29) is 30.6 Å². The second-order valence-electron chi connectivity index (χ2n) is 15.6. The topological polar surface area (TPSA) is 55.8 Å². The van der Waals surface area contributed by atoms with Crippen molar-refractivity contribution in [1.29, 1.82) is 0 Å². The Labute approximate surface area is 327 Å². The maximum Gasteiger partial charge on any atom is 0.227 e. The molecule has 1 heterocycles. The van der Waals surface area contributed by atoms with Crippen molar-refractivity contribution in [2.75, 3.05) is 26.2 Å². The molecule has 2 N–H and O–H groups in total. The summed E-state index contributed by atoms with van der Waals surface area (Å²) in [6, 6.07) is 54.2. The molecule has 1 saturated heterocycles. The maximum absolute atomic E-state index is 14.1. The van der Waals surface area contributed by atoms with Gasteiger partial charge in [-0.25, -0.2) is 0 Å². The van der Waals surface area contributed by atoms with Crippen LogP contribution in [0.5, 0.6) is 0 Å². The van der Waals surface area contributed by atoms with Crippen LogP contribution in [-0.4, -0.2) is 65.2 Å². The standard InChI is InChI=1S/C50H55N3O2/c1-37-25-27-42(38(2)30-37)33-47(51-50(44-18-7-4-8-19-44,45-20-9-5-10-21-45)46-22-11-6-12-23-46)35-52-34-39(3)53(36-48(52)24-15-29-54)49(55)32-40-26-28-41-16-13-14-17-43(41)31-40/h4-14,16-23,25-28,30-31,39,47-48,51,54H,15,24,29,32-36H2,1-3H3/t39-,47+,48+/m1/s1. The summed E-state index contributed by atoms with van der Waals surface area (Å²) in [4.78, 5) is 18.8. The zero-order valence-corrected chi connectivity index (χ0v) is 32.6. The first kappa shape index (κ1) is 38.2. The third-order valence-corrected chi connectivity index (χ3v) is 11.6. The highest BCUT2D eigenvalue weighted by Gasteiger charge is 2.40. The van der Waals surface area contributed by atoms with E-state index in [2.05, 4.69) is 175 Å². The summed E-state index contributed by atoms with van der Waals surface area (Å²) in [5.41, 5.74) is 7.87. The molecule has 7 rings (SSSR count). The van der Waals surface area contributed by atoms with Crippen molar-refractivity contribution in [3.63, 3.8) is 0 Å². The molecule has 1 amide bonds. The highest BCUT2D eigenvalue weighted by atomic mass is 16.3. The molecule has 1 fully saturated rings. The molecular formula is C50H55N3O2. The van der Waals surface area contributed by atoms with Crippen molar-refractivity contribution < 1.29 is 9.90 Å². The van der Waals surface area contributed by atoms with Crippen LogP contribution in [0, 0.1) is 13.8 Å². The molecule has 0 aliphatic carbocycles. The number of aliphatic hydroxyl groups is 1. The van der Waals surface area contributed by atoms with Gasteiger partial charge in [-0.3, -0.25) is 15.0 Å². The van der Waals surface area contributed by atoms with Crippen LogP contribution < -0.4 is 5.32 Å². The number of piperazine rings is 1. The Balaban J connectivity index is 1.23. The molecule has 1 aliphatic rings. The molecule has 0 radical (unpaired) electrons. The van der Waals surface area contributed by atoms with E-state index in [1.165, 1.54) is 38.8 Å². The minimum Gasteiger partial charge on any atom is -0.396 e. The number of nitrogens with zero attached hydrogens (tertiary/aromatic N) is 2. The van der Waals surface area contributed by atoms with Gasteiger partial charge in [0.05, 0.1) is 12.0 Å². The third kappa shape index (κ3) is 8.76. The van der Waals surface area contributed by atoms with Gasteiger partial charge in [0.25, 0.3) is 0 Å². The van der Waals surface area contributed by atoms with E-state index in [0.717, 1.165) is 36.9 Å². The highest BCUT2D eigenvalue weighted by molar-refractivity contribution is 5.85. The van der Waals surface area contributed by atoms with Gasteiger partial charge in [0.2, 0.25) is 5.91 Å². The monoisotopic (exact) mass is 729 g/mol. The van der Waals surface area contributed by atoms with Crippen LogP contribution in [0.2, 0.25) is 0 Å². The molecule has 0 aromatic heterocycles. The molecule has 6 aromatic rings. The molecule has 55 heavy (non-hydrogen) atoms. The predicted octanol–water partition coefficient (Wildman–Crippen LogP) is 8.87. The van der Waals surface area contributed by atoms with Gasteiger partial charge in [-0.05, 0) is 84.2 Å². The number of aryl methyl sites for hydroxylation is 2. The predicted molar refractivity (Wildman–Crippen MR) is 226 cm³/mol. The van der Waals surface area contributed by atoms with Crippen molar-refractivity contribution in [2.45, 2.75) is 70.1 Å². The zero-order chi connectivity index (χ0) is 38.2. The Morgan fingerprint density at radius 3 is 1.95 bits per heavy atom. The van der Waals surface area contributed by atoms with Gasteiger partial charge < -0.3 is 10.0 Å². The van der Waals surface area contributed by atoms with Crippen LogP contribution in [0.25, 0.3) is 10.8 Å². The van der Waals surface area contributed by atoms with Gasteiger partial charge in [0.1, 0.15) is 0 Å². The number of carbonyl (C=O) groups excluding carboxylic acids is 1. The quantitative estimate of drug-likeness (QED) is 0.110. The number of rotatable bonds is 14. The van der Waals surface area contributed by atoms with Gasteiger partial charge in [-0.1, -0.05) is 157 Å². The third-order valence-electron chi connectivity index (χ3n) is 11.6. The lowest BCUT2D eigenvalue weighted by Crippen LogP contribution is -2.62. The van der Waals surface area contributed by atoms with Gasteiger partial charge in [-0.15, -0.1) is 0 Å². The molecule has 0 unspecified atom stereocenters. The maximum atomic E-state index is 14.1. The summed E-state index contributed by atoms with van der Waals surface area (Å²) in [6.07, 6.45) is 2.73. The lowest BCUT2D eigenvalue weighted by molar-refractivity contribution is -0.137. The molecule has 5 heteroatoms.